The van der Waals surface area contributed by atoms with Crippen LogP contribution in [0, 0.1) is 5.92 Å². The molecular weight excluding hydrogens is 585 g/mol. The lowest BCUT2D eigenvalue weighted by Crippen LogP contribution is -2.38. The van der Waals surface area contributed by atoms with E-state index in [9.17, 15) is 24.4 Å². The van der Waals surface area contributed by atoms with Gasteiger partial charge < -0.3 is 25.2 Å². The van der Waals surface area contributed by atoms with E-state index in [-0.39, 0.29) is 30.8 Å². The number of hydrogen-bond donors (Lipinski definition) is 4. The van der Waals surface area contributed by atoms with Crippen molar-refractivity contribution in [2.75, 3.05) is 18.9 Å². The number of nitrogen functional groups attached to an aromatic ring is 1. The van der Waals surface area contributed by atoms with E-state index >= 15 is 0 Å². The lowest BCUT2D eigenvalue weighted by atomic mass is 10.1. The van der Waals surface area contributed by atoms with Gasteiger partial charge in [0.2, 0.25) is 5.95 Å². The van der Waals surface area contributed by atoms with Gasteiger partial charge in [0, 0.05) is 5.39 Å². The van der Waals surface area contributed by atoms with E-state index in [1.165, 1.54) is 6.92 Å². The number of hydrogen-bond acceptors (Lipinski definition) is 12. The van der Waals surface area contributed by atoms with Gasteiger partial charge in [0.05, 0.1) is 24.6 Å². The van der Waals surface area contributed by atoms with Gasteiger partial charge in [-0.25, -0.2) is 14.3 Å². The van der Waals surface area contributed by atoms with Gasteiger partial charge in [-0.3, -0.25) is 13.9 Å². The van der Waals surface area contributed by atoms with E-state index < -0.39 is 48.3 Å². The Morgan fingerprint density at radius 1 is 1.17 bits per heavy atom. The quantitative estimate of drug-likeness (QED) is 0.161. The summed E-state index contributed by atoms with van der Waals surface area (Å²) in [6, 6.07) is 11.5. The molecule has 0 saturated carbocycles. The van der Waals surface area contributed by atoms with Crippen LogP contribution in [-0.2, 0) is 18.6 Å². The van der Waals surface area contributed by atoms with Crippen LogP contribution >= 0.6 is 19.5 Å². The van der Waals surface area contributed by atoms with E-state index in [0.717, 1.165) is 40.9 Å². The normalized spacial score (nSPS) is 22.6. The van der Waals surface area contributed by atoms with E-state index in [2.05, 4.69) is 15.1 Å². The highest BCUT2D eigenvalue weighted by Crippen LogP contribution is 2.49. The average Bonchev–Trinajstić information content (AvgIpc) is 3.25. The number of nitrogens with two attached hydrogens (primary N) is 1. The first kappa shape index (κ1) is 31.9. The summed E-state index contributed by atoms with van der Waals surface area (Å²) in [5.41, 5.74) is 4.71. The first-order valence-corrected chi connectivity index (χ1v) is 16.1. The van der Waals surface area contributed by atoms with Gasteiger partial charge in [0.25, 0.3) is 0 Å². The van der Waals surface area contributed by atoms with Crippen molar-refractivity contribution in [1.82, 2.24) is 19.6 Å². The van der Waals surface area contributed by atoms with Crippen molar-refractivity contribution < 1.29 is 33.4 Å². The van der Waals surface area contributed by atoms with Crippen molar-refractivity contribution in [2.24, 2.45) is 5.92 Å². The molecule has 5 unspecified atom stereocenters. The van der Waals surface area contributed by atoms with Gasteiger partial charge in [-0.05, 0) is 24.3 Å². The van der Waals surface area contributed by atoms with Crippen molar-refractivity contribution in [3.63, 3.8) is 0 Å². The lowest BCUT2D eigenvalue weighted by molar-refractivity contribution is -0.146. The number of ether oxygens (including phenoxy) is 1. The molecule has 5 N–H and O–H groups in total. The number of benzene rings is 2. The number of aliphatic hydroxyl groups excluding tert-OH is 2. The molecule has 0 spiro atoms. The molecule has 1 fully saturated rings. The number of rotatable bonds is 13. The number of nitrogens with one attached hydrogen (secondary N) is 1. The number of carbonyl (C=O) groups is 1. The van der Waals surface area contributed by atoms with Crippen LogP contribution in [0.5, 0.6) is 5.75 Å². The maximum absolute atomic E-state index is 14.2. The zero-order valence-electron chi connectivity index (χ0n) is 23.5. The fourth-order valence-corrected chi connectivity index (χ4v) is 7.49. The number of thioether (sulfide) groups is 1. The summed E-state index contributed by atoms with van der Waals surface area (Å²) in [6.45, 7) is 5.37. The molecule has 1 aliphatic rings. The summed E-state index contributed by atoms with van der Waals surface area (Å²) in [4.78, 5) is 32.4. The Balaban J connectivity index is 1.54. The fourth-order valence-electron chi connectivity index (χ4n) is 4.43. The Bertz CT molecular complexity index is 1480. The molecule has 2 aromatic carbocycles. The van der Waals surface area contributed by atoms with Crippen LogP contribution in [0.4, 0.5) is 5.95 Å². The molecular formula is C27H36N5O8PS. The Labute approximate surface area is 247 Å². The topological polar surface area (TPSA) is 188 Å². The monoisotopic (exact) mass is 621 g/mol. The summed E-state index contributed by atoms with van der Waals surface area (Å²) >= 11 is 1.01. The Kier molecular flexibility index (Phi) is 10.6. The second-order valence-corrected chi connectivity index (χ2v) is 13.0. The van der Waals surface area contributed by atoms with Crippen LogP contribution < -0.4 is 21.0 Å². The standard InChI is InChI=1S/C27H36N5O8PS/c1-4-17(5-2)13-38-25(35)16(3)31-41(37,40-20-12-8-10-18-9-6-7-11-19(18)20)39-14-21-22(33)23(34)24(42-21)32-15-29-26(28)30-27(32)36/h6-12,15-17,21-24,33-34H,4-5,13-14H2,1-3H3,(H,31,37)(H2,28,30,36)/t16-,21?,22?,23?,24?,41?/m0/s1. The van der Waals surface area contributed by atoms with E-state index in [4.69, 9.17) is 19.5 Å². The molecule has 0 radical (unpaired) electrons. The smallest absolute Gasteiger partial charge is 0.459 e. The summed E-state index contributed by atoms with van der Waals surface area (Å²) in [6.07, 6.45) is 0.0733. The van der Waals surface area contributed by atoms with E-state index in [0.29, 0.717) is 5.39 Å². The van der Waals surface area contributed by atoms with Crippen molar-refractivity contribution in [1.29, 1.82) is 0 Å². The summed E-state index contributed by atoms with van der Waals surface area (Å²) in [7, 11) is -4.29. The largest absolute Gasteiger partial charge is 0.464 e. The molecule has 1 aromatic heterocycles. The number of aromatic nitrogens is 3. The molecule has 0 amide bonds. The molecule has 1 saturated heterocycles. The van der Waals surface area contributed by atoms with Gasteiger partial charge in [-0.15, -0.1) is 11.8 Å². The van der Waals surface area contributed by atoms with Gasteiger partial charge in [-0.2, -0.15) is 10.1 Å². The zero-order chi connectivity index (χ0) is 30.4. The van der Waals surface area contributed by atoms with E-state index in [1.54, 1.807) is 18.2 Å². The fraction of sp³-hybridized carbons (Fsp3) is 0.481. The lowest BCUT2D eigenvalue weighted by Gasteiger charge is -2.25. The first-order chi connectivity index (χ1) is 20.0. The van der Waals surface area contributed by atoms with Crippen molar-refractivity contribution in [3.05, 3.63) is 59.3 Å². The third-order valence-electron chi connectivity index (χ3n) is 7.06. The van der Waals surface area contributed by atoms with Crippen LogP contribution in [0.1, 0.15) is 39.0 Å². The van der Waals surface area contributed by atoms with Crippen LogP contribution in [0.15, 0.2) is 53.6 Å². The molecule has 3 aromatic rings. The molecule has 1 aliphatic heterocycles. The highest BCUT2D eigenvalue weighted by atomic mass is 32.2. The highest BCUT2D eigenvalue weighted by molar-refractivity contribution is 8.00. The van der Waals surface area contributed by atoms with Crippen LogP contribution in [0.3, 0.4) is 0 Å². The number of fused-ring (bicyclic) bond motifs is 1. The molecule has 228 valence electrons. The molecule has 4 rings (SSSR count). The summed E-state index contributed by atoms with van der Waals surface area (Å²) in [5.74, 6) is -0.389. The molecule has 6 atom stereocenters. The van der Waals surface area contributed by atoms with E-state index in [1.807, 2.05) is 38.1 Å². The van der Waals surface area contributed by atoms with Crippen LogP contribution in [0.2, 0.25) is 0 Å². The Morgan fingerprint density at radius 3 is 2.60 bits per heavy atom. The summed E-state index contributed by atoms with van der Waals surface area (Å²) < 4.78 is 32.4. The SMILES string of the molecule is CCC(CC)COC(=O)[C@H](C)NP(=O)(OCC1SC(n2cnc(N)nc2=O)C(O)C1O)Oc1cccc2ccccc12. The third kappa shape index (κ3) is 7.49. The molecule has 0 bridgehead atoms. The van der Waals surface area contributed by atoms with Crippen LogP contribution in [0.25, 0.3) is 10.8 Å². The molecule has 0 aliphatic carbocycles. The first-order valence-electron chi connectivity index (χ1n) is 13.6. The molecule has 2 heterocycles. The number of aliphatic hydroxyl groups is 2. The van der Waals surface area contributed by atoms with Gasteiger partial charge in [0.15, 0.2) is 0 Å². The van der Waals surface area contributed by atoms with Crippen LogP contribution in [-0.4, -0.2) is 67.4 Å². The summed E-state index contributed by atoms with van der Waals surface area (Å²) in [5, 5.41) is 23.8. The molecule has 15 heteroatoms. The van der Waals surface area contributed by atoms with Crippen molar-refractivity contribution in [3.8, 4) is 5.75 Å². The maximum Gasteiger partial charge on any atom is 0.459 e. The molecule has 42 heavy (non-hydrogen) atoms. The predicted octanol–water partition coefficient (Wildman–Crippen LogP) is 2.87. The third-order valence-corrected chi connectivity index (χ3v) is 10.2. The van der Waals surface area contributed by atoms with Gasteiger partial charge in [0.1, 0.15) is 29.6 Å². The average molecular weight is 622 g/mol. The van der Waals surface area contributed by atoms with Crippen molar-refractivity contribution >= 4 is 42.2 Å². The number of carbonyl (C=O) groups excluding carboxylic acids is 1. The van der Waals surface area contributed by atoms with Crippen molar-refractivity contribution in [2.45, 2.75) is 62.5 Å². The molecule has 13 nitrogen and oxygen atoms in total. The minimum Gasteiger partial charge on any atom is -0.464 e. The Morgan fingerprint density at radius 2 is 1.88 bits per heavy atom. The second-order valence-electron chi connectivity index (χ2n) is 9.98. The Hall–Kier alpha value is -3.00. The minimum atomic E-state index is -4.29. The predicted molar refractivity (Wildman–Crippen MR) is 159 cm³/mol. The zero-order valence-corrected chi connectivity index (χ0v) is 25.2. The number of nitrogens with zero attached hydrogens (tertiary/aromatic N) is 3. The number of anilines is 1. The minimum absolute atomic E-state index is 0.204. The second kappa shape index (κ2) is 14.0. The maximum atomic E-state index is 14.2. The van der Waals surface area contributed by atoms with Gasteiger partial charge in [-0.1, -0.05) is 63.1 Å². The highest BCUT2D eigenvalue weighted by Gasteiger charge is 2.45. The van der Waals surface area contributed by atoms with Gasteiger partial charge >= 0.3 is 19.4 Å². The number of esters is 1.